The monoisotopic (exact) mass is 392 g/mol. The van der Waals surface area contributed by atoms with Gasteiger partial charge in [-0.3, -0.25) is 9.59 Å². The van der Waals surface area contributed by atoms with Crippen molar-refractivity contribution in [2.24, 2.45) is 0 Å². The molecule has 2 N–H and O–H groups in total. The average Bonchev–Trinajstić information content (AvgIpc) is 2.74. The van der Waals surface area contributed by atoms with Crippen LogP contribution in [0.1, 0.15) is 31.8 Å². The van der Waals surface area contributed by atoms with E-state index >= 15 is 0 Å². The summed E-state index contributed by atoms with van der Waals surface area (Å²) < 4.78 is 0. The Morgan fingerprint density at radius 2 is 1.36 bits per heavy atom. The minimum atomic E-state index is -0.209. The van der Waals surface area contributed by atoms with Gasteiger partial charge in [-0.1, -0.05) is 60.1 Å². The molecule has 0 saturated carbocycles. The minimum absolute atomic E-state index is 0.202. The summed E-state index contributed by atoms with van der Waals surface area (Å²) in [5.41, 5.74) is 3.04. The molecule has 0 radical (unpaired) electrons. The fourth-order valence-electron chi connectivity index (χ4n) is 2.76. The Morgan fingerprint density at radius 1 is 0.714 bits per heavy atom. The third-order valence-corrected chi connectivity index (χ3v) is 4.55. The molecule has 142 valence electrons. The average molecular weight is 393 g/mol. The van der Waals surface area contributed by atoms with E-state index in [1.54, 1.807) is 24.3 Å². The quantitative estimate of drug-likeness (QED) is 0.631. The van der Waals surface area contributed by atoms with Gasteiger partial charge < -0.3 is 10.6 Å². The van der Waals surface area contributed by atoms with E-state index < -0.39 is 0 Å². The highest BCUT2D eigenvalue weighted by molar-refractivity contribution is 6.30. The van der Waals surface area contributed by atoms with Crippen LogP contribution < -0.4 is 10.6 Å². The second kappa shape index (κ2) is 9.72. The molecule has 0 spiro atoms. The number of nitrogens with one attached hydrogen (secondary N) is 2. The van der Waals surface area contributed by atoms with Crippen LogP contribution in [0.25, 0.3) is 0 Å². The maximum atomic E-state index is 12.4. The Hall–Kier alpha value is -3.11. The first-order valence-corrected chi connectivity index (χ1v) is 9.44. The highest BCUT2D eigenvalue weighted by Crippen LogP contribution is 2.10. The summed E-state index contributed by atoms with van der Waals surface area (Å²) in [5.74, 6) is -0.411. The molecule has 3 aromatic rings. The summed E-state index contributed by atoms with van der Waals surface area (Å²) in [6, 6.07) is 23.9. The molecule has 0 fully saturated rings. The number of halogens is 1. The van der Waals surface area contributed by atoms with E-state index in [9.17, 15) is 9.59 Å². The SMILES string of the molecule is O=C(NCCc1ccc(Cl)cc1)c1cccc(C(=O)NCc2ccccc2)c1. The van der Waals surface area contributed by atoms with Crippen LogP contribution in [0.15, 0.2) is 78.9 Å². The largest absolute Gasteiger partial charge is 0.352 e. The summed E-state index contributed by atoms with van der Waals surface area (Å²) in [7, 11) is 0. The molecule has 0 heterocycles. The lowest BCUT2D eigenvalue weighted by atomic mass is 10.1. The molecule has 0 aliphatic rings. The molecule has 0 unspecified atom stereocenters. The van der Waals surface area contributed by atoms with E-state index in [1.165, 1.54) is 0 Å². The van der Waals surface area contributed by atoms with Crippen LogP contribution in [0, 0.1) is 0 Å². The zero-order valence-electron chi connectivity index (χ0n) is 15.3. The Balaban J connectivity index is 1.53. The normalized spacial score (nSPS) is 10.3. The van der Waals surface area contributed by atoms with E-state index in [0.717, 1.165) is 11.1 Å². The van der Waals surface area contributed by atoms with Crippen LogP contribution >= 0.6 is 11.6 Å². The van der Waals surface area contributed by atoms with E-state index in [4.69, 9.17) is 11.6 Å². The minimum Gasteiger partial charge on any atom is -0.352 e. The smallest absolute Gasteiger partial charge is 0.251 e. The van der Waals surface area contributed by atoms with Gasteiger partial charge in [-0.2, -0.15) is 0 Å². The zero-order chi connectivity index (χ0) is 19.8. The third kappa shape index (κ3) is 5.69. The lowest BCUT2D eigenvalue weighted by Gasteiger charge is -2.08. The number of rotatable bonds is 7. The number of carbonyl (C=O) groups is 2. The molecule has 3 rings (SSSR count). The van der Waals surface area contributed by atoms with Crippen LogP contribution in [-0.4, -0.2) is 18.4 Å². The van der Waals surface area contributed by atoms with Gasteiger partial charge >= 0.3 is 0 Å². The molecular weight excluding hydrogens is 372 g/mol. The molecule has 0 saturated heterocycles. The summed E-state index contributed by atoms with van der Waals surface area (Å²) in [6.45, 7) is 0.947. The summed E-state index contributed by atoms with van der Waals surface area (Å²) in [5, 5.41) is 6.44. The van der Waals surface area contributed by atoms with E-state index in [0.29, 0.717) is 35.7 Å². The molecule has 0 atom stereocenters. The lowest BCUT2D eigenvalue weighted by molar-refractivity contribution is 0.0950. The van der Waals surface area contributed by atoms with Crippen molar-refractivity contribution in [3.05, 3.63) is 106 Å². The Labute approximate surface area is 169 Å². The van der Waals surface area contributed by atoms with Gasteiger partial charge in [0, 0.05) is 29.2 Å². The highest BCUT2D eigenvalue weighted by atomic mass is 35.5. The number of carbonyl (C=O) groups excluding carboxylic acids is 2. The summed E-state index contributed by atoms with van der Waals surface area (Å²) >= 11 is 5.87. The third-order valence-electron chi connectivity index (χ3n) is 4.30. The molecule has 5 heteroatoms. The number of benzene rings is 3. The maximum Gasteiger partial charge on any atom is 0.251 e. The van der Waals surface area contributed by atoms with Crippen molar-refractivity contribution in [2.75, 3.05) is 6.54 Å². The van der Waals surface area contributed by atoms with Crippen molar-refractivity contribution >= 4 is 23.4 Å². The fraction of sp³-hybridized carbons (Fsp3) is 0.130. The van der Waals surface area contributed by atoms with Crippen molar-refractivity contribution in [3.8, 4) is 0 Å². The standard InChI is InChI=1S/C23H21ClN2O2/c24-21-11-9-17(10-12-21)13-14-25-22(27)19-7-4-8-20(15-19)23(28)26-16-18-5-2-1-3-6-18/h1-12,15H,13-14,16H2,(H,25,27)(H,26,28). The molecule has 0 aliphatic heterocycles. The van der Waals surface area contributed by atoms with Crippen LogP contribution in [0.5, 0.6) is 0 Å². The van der Waals surface area contributed by atoms with E-state index in [-0.39, 0.29) is 11.8 Å². The van der Waals surface area contributed by atoms with Gasteiger partial charge in [0.05, 0.1) is 0 Å². The molecule has 0 aromatic heterocycles. The Bertz CT molecular complexity index is 940. The van der Waals surface area contributed by atoms with Gasteiger partial charge in [-0.05, 0) is 47.9 Å². The maximum absolute atomic E-state index is 12.4. The highest BCUT2D eigenvalue weighted by Gasteiger charge is 2.10. The summed E-state index contributed by atoms with van der Waals surface area (Å²) in [6.07, 6.45) is 0.708. The topological polar surface area (TPSA) is 58.2 Å². The second-order valence-electron chi connectivity index (χ2n) is 6.38. The van der Waals surface area contributed by atoms with Gasteiger partial charge in [-0.15, -0.1) is 0 Å². The van der Waals surface area contributed by atoms with Crippen molar-refractivity contribution in [1.82, 2.24) is 10.6 Å². The van der Waals surface area contributed by atoms with Crippen molar-refractivity contribution in [2.45, 2.75) is 13.0 Å². The molecule has 0 bridgehead atoms. The van der Waals surface area contributed by atoms with Gasteiger partial charge in [0.25, 0.3) is 11.8 Å². The van der Waals surface area contributed by atoms with Gasteiger partial charge in [0.2, 0.25) is 0 Å². The first kappa shape index (κ1) is 19.6. The van der Waals surface area contributed by atoms with E-state index in [2.05, 4.69) is 10.6 Å². The Morgan fingerprint density at radius 3 is 2.04 bits per heavy atom. The van der Waals surface area contributed by atoms with Crippen molar-refractivity contribution in [1.29, 1.82) is 0 Å². The van der Waals surface area contributed by atoms with Gasteiger partial charge in [-0.25, -0.2) is 0 Å². The fourth-order valence-corrected chi connectivity index (χ4v) is 2.88. The molecule has 2 amide bonds. The first-order valence-electron chi connectivity index (χ1n) is 9.06. The van der Waals surface area contributed by atoms with Crippen molar-refractivity contribution < 1.29 is 9.59 Å². The van der Waals surface area contributed by atoms with Crippen LogP contribution in [0.3, 0.4) is 0 Å². The van der Waals surface area contributed by atoms with Crippen LogP contribution in [0.4, 0.5) is 0 Å². The molecule has 4 nitrogen and oxygen atoms in total. The van der Waals surface area contributed by atoms with Crippen LogP contribution in [0.2, 0.25) is 5.02 Å². The molecule has 28 heavy (non-hydrogen) atoms. The zero-order valence-corrected chi connectivity index (χ0v) is 16.1. The second-order valence-corrected chi connectivity index (χ2v) is 6.82. The molecular formula is C23H21ClN2O2. The number of amides is 2. The number of hydrogen-bond donors (Lipinski definition) is 2. The van der Waals surface area contributed by atoms with Crippen molar-refractivity contribution in [3.63, 3.8) is 0 Å². The summed E-state index contributed by atoms with van der Waals surface area (Å²) in [4.78, 5) is 24.7. The van der Waals surface area contributed by atoms with Crippen LogP contribution in [-0.2, 0) is 13.0 Å². The lowest BCUT2D eigenvalue weighted by Crippen LogP contribution is -2.27. The van der Waals surface area contributed by atoms with E-state index in [1.807, 2.05) is 54.6 Å². The Kier molecular flexibility index (Phi) is 6.82. The predicted octanol–water partition coefficient (Wildman–Crippen LogP) is 4.24. The number of hydrogen-bond acceptors (Lipinski definition) is 2. The van der Waals surface area contributed by atoms with Gasteiger partial charge in [0.15, 0.2) is 0 Å². The van der Waals surface area contributed by atoms with Gasteiger partial charge in [0.1, 0.15) is 0 Å². The predicted molar refractivity (Wildman–Crippen MR) is 112 cm³/mol. The molecule has 0 aliphatic carbocycles. The first-order chi connectivity index (χ1) is 13.6. The molecule has 3 aromatic carbocycles.